The predicted octanol–water partition coefficient (Wildman–Crippen LogP) is 2.01. The third-order valence-corrected chi connectivity index (χ3v) is 5.85. The molecule has 0 aromatic carbocycles. The van der Waals surface area contributed by atoms with Gasteiger partial charge in [0.2, 0.25) is 5.95 Å². The first kappa shape index (κ1) is 14.2. The maximum atomic E-state index is 4.70. The third-order valence-electron chi connectivity index (χ3n) is 5.85. The number of aromatic amines is 1. The quantitative estimate of drug-likeness (QED) is 0.780. The van der Waals surface area contributed by atoms with Crippen molar-refractivity contribution in [3.05, 3.63) is 24.0 Å². The molecule has 5 rings (SSSR count). The number of aromatic nitrogens is 4. The lowest BCUT2D eigenvalue weighted by molar-refractivity contribution is 0.132. The van der Waals surface area contributed by atoms with E-state index in [2.05, 4.69) is 43.7 Å². The minimum atomic E-state index is 0.411. The van der Waals surface area contributed by atoms with E-state index in [9.17, 15) is 0 Å². The number of rotatable bonds is 5. The van der Waals surface area contributed by atoms with Crippen LogP contribution in [-0.2, 0) is 0 Å². The molecule has 2 atom stereocenters. The lowest BCUT2D eigenvalue weighted by Crippen LogP contribution is -2.61. The van der Waals surface area contributed by atoms with Crippen LogP contribution in [0.2, 0.25) is 0 Å². The van der Waals surface area contributed by atoms with E-state index in [1.165, 1.54) is 25.0 Å². The first-order valence-corrected chi connectivity index (χ1v) is 8.89. The van der Waals surface area contributed by atoms with Crippen LogP contribution in [0.25, 0.3) is 0 Å². The number of hydrogen-bond acceptors (Lipinski definition) is 6. The highest BCUT2D eigenvalue weighted by atomic mass is 15.3. The number of nitrogens with one attached hydrogen (secondary N) is 3. The van der Waals surface area contributed by atoms with Gasteiger partial charge >= 0.3 is 0 Å². The van der Waals surface area contributed by atoms with Gasteiger partial charge in [-0.25, -0.2) is 4.98 Å². The summed E-state index contributed by atoms with van der Waals surface area (Å²) in [6.07, 6.45) is 5.56. The second-order valence-electron chi connectivity index (χ2n) is 7.38. The summed E-state index contributed by atoms with van der Waals surface area (Å²) in [6, 6.07) is 4.56. The first-order chi connectivity index (χ1) is 11.8. The molecule has 1 saturated carbocycles. The van der Waals surface area contributed by atoms with Gasteiger partial charge < -0.3 is 15.5 Å². The number of nitrogens with zero attached hydrogens (tertiary/aromatic N) is 4. The molecule has 0 unspecified atom stereocenters. The molecule has 2 aromatic heterocycles. The van der Waals surface area contributed by atoms with Crippen molar-refractivity contribution in [2.75, 3.05) is 29.9 Å². The summed E-state index contributed by atoms with van der Waals surface area (Å²) in [6.45, 7) is 5.43. The molecule has 2 aliphatic heterocycles. The molecule has 3 aliphatic rings. The highest BCUT2D eigenvalue weighted by Crippen LogP contribution is 2.41. The topological polar surface area (TPSA) is 81.8 Å². The molecule has 7 heteroatoms. The molecule has 1 aliphatic carbocycles. The van der Waals surface area contributed by atoms with Crippen LogP contribution < -0.4 is 15.5 Å². The van der Waals surface area contributed by atoms with Gasteiger partial charge in [-0.05, 0) is 25.3 Å². The Morgan fingerprint density at radius 3 is 3.00 bits per heavy atom. The van der Waals surface area contributed by atoms with E-state index >= 15 is 0 Å². The Balaban J connectivity index is 1.32. The van der Waals surface area contributed by atoms with Crippen LogP contribution >= 0.6 is 0 Å². The van der Waals surface area contributed by atoms with Crippen molar-refractivity contribution in [3.63, 3.8) is 0 Å². The van der Waals surface area contributed by atoms with Crippen LogP contribution in [0.3, 0.4) is 0 Å². The molecular formula is C17H23N7. The fourth-order valence-electron chi connectivity index (χ4n) is 3.97. The predicted molar refractivity (Wildman–Crippen MR) is 92.6 cm³/mol. The van der Waals surface area contributed by atoms with Crippen molar-refractivity contribution in [2.24, 2.45) is 5.41 Å². The second kappa shape index (κ2) is 5.17. The van der Waals surface area contributed by atoms with Gasteiger partial charge in [0.25, 0.3) is 0 Å². The summed E-state index contributed by atoms with van der Waals surface area (Å²) >= 11 is 0. The molecule has 3 N–H and O–H groups in total. The summed E-state index contributed by atoms with van der Waals surface area (Å²) in [5.41, 5.74) is 1.63. The van der Waals surface area contributed by atoms with Gasteiger partial charge in [-0.3, -0.25) is 5.10 Å². The van der Waals surface area contributed by atoms with Crippen LogP contribution in [0.4, 0.5) is 17.6 Å². The zero-order valence-corrected chi connectivity index (χ0v) is 13.9. The van der Waals surface area contributed by atoms with E-state index in [0.29, 0.717) is 17.4 Å². The first-order valence-electron chi connectivity index (χ1n) is 8.89. The molecular weight excluding hydrogens is 302 g/mol. The van der Waals surface area contributed by atoms with Gasteiger partial charge in [-0.1, -0.05) is 6.92 Å². The summed E-state index contributed by atoms with van der Waals surface area (Å²) in [7, 11) is 0. The SMILES string of the molecule is CC[C@]12CN[C@H]1CN(c1nccc(Nc3cc(C4CC4)[nH]n3)n1)C2. The maximum absolute atomic E-state index is 4.70. The number of hydrogen-bond donors (Lipinski definition) is 3. The highest BCUT2D eigenvalue weighted by Gasteiger charge is 2.52. The van der Waals surface area contributed by atoms with Crippen molar-refractivity contribution < 1.29 is 0 Å². The Morgan fingerprint density at radius 1 is 1.38 bits per heavy atom. The van der Waals surface area contributed by atoms with E-state index in [-0.39, 0.29) is 0 Å². The fraction of sp³-hybridized carbons (Fsp3) is 0.588. The van der Waals surface area contributed by atoms with Gasteiger partial charge in [-0.15, -0.1) is 0 Å². The van der Waals surface area contributed by atoms with E-state index < -0.39 is 0 Å². The van der Waals surface area contributed by atoms with Gasteiger partial charge in [0.1, 0.15) is 5.82 Å². The van der Waals surface area contributed by atoms with E-state index in [1.807, 2.05) is 12.3 Å². The monoisotopic (exact) mass is 325 g/mol. The molecule has 0 amide bonds. The van der Waals surface area contributed by atoms with Crippen molar-refractivity contribution in [2.45, 2.75) is 38.1 Å². The Hall–Kier alpha value is -2.15. The standard InChI is InChI=1S/C17H23N7/c1-2-17-9-19-13(17)8-24(10-17)16-18-6-5-14(21-16)20-15-7-12(22-23-15)11-3-4-11/h5-7,11,13,19H,2-4,8-10H2,1H3,(H2,18,20,21,22,23)/t13-,17+/m0/s1. The van der Waals surface area contributed by atoms with E-state index in [4.69, 9.17) is 4.98 Å². The van der Waals surface area contributed by atoms with Gasteiger partial charge in [0, 0.05) is 55.0 Å². The molecule has 0 spiro atoms. The van der Waals surface area contributed by atoms with Crippen molar-refractivity contribution in [1.29, 1.82) is 0 Å². The Morgan fingerprint density at radius 2 is 2.29 bits per heavy atom. The lowest BCUT2D eigenvalue weighted by Gasteiger charge is -2.44. The molecule has 0 radical (unpaired) electrons. The minimum absolute atomic E-state index is 0.411. The average molecular weight is 325 g/mol. The average Bonchev–Trinajstić information content (AvgIpc) is 3.28. The summed E-state index contributed by atoms with van der Waals surface area (Å²) < 4.78 is 0. The molecule has 0 bridgehead atoms. The lowest BCUT2D eigenvalue weighted by atomic mass is 9.74. The van der Waals surface area contributed by atoms with Crippen molar-refractivity contribution in [1.82, 2.24) is 25.5 Å². The number of fused-ring (bicyclic) bond motifs is 1. The van der Waals surface area contributed by atoms with Crippen molar-refractivity contribution in [3.8, 4) is 0 Å². The largest absolute Gasteiger partial charge is 0.339 e. The van der Waals surface area contributed by atoms with Gasteiger partial charge in [0.05, 0.1) is 0 Å². The van der Waals surface area contributed by atoms with Crippen LogP contribution in [-0.4, -0.2) is 45.8 Å². The van der Waals surface area contributed by atoms with E-state index in [1.54, 1.807) is 0 Å². The number of H-pyrrole nitrogens is 1. The third kappa shape index (κ3) is 2.26. The van der Waals surface area contributed by atoms with Crippen LogP contribution in [0, 0.1) is 5.41 Å². The second-order valence-corrected chi connectivity index (χ2v) is 7.38. The summed E-state index contributed by atoms with van der Waals surface area (Å²) in [5.74, 6) is 3.11. The van der Waals surface area contributed by atoms with Crippen LogP contribution in [0.15, 0.2) is 18.3 Å². The smallest absolute Gasteiger partial charge is 0.227 e. The molecule has 126 valence electrons. The Kier molecular flexibility index (Phi) is 3.06. The van der Waals surface area contributed by atoms with E-state index in [0.717, 1.165) is 37.2 Å². The zero-order chi connectivity index (χ0) is 16.1. The molecule has 24 heavy (non-hydrogen) atoms. The van der Waals surface area contributed by atoms with Gasteiger partial charge in [-0.2, -0.15) is 10.1 Å². The Bertz CT molecular complexity index is 749. The van der Waals surface area contributed by atoms with Crippen LogP contribution in [0.5, 0.6) is 0 Å². The molecule has 3 fully saturated rings. The molecule has 7 nitrogen and oxygen atoms in total. The number of anilines is 3. The summed E-state index contributed by atoms with van der Waals surface area (Å²) in [4.78, 5) is 11.5. The zero-order valence-electron chi connectivity index (χ0n) is 13.9. The Labute approximate surface area is 141 Å². The minimum Gasteiger partial charge on any atom is -0.339 e. The highest BCUT2D eigenvalue weighted by molar-refractivity contribution is 5.54. The van der Waals surface area contributed by atoms with Crippen LogP contribution in [0.1, 0.15) is 37.8 Å². The maximum Gasteiger partial charge on any atom is 0.227 e. The molecule has 4 heterocycles. The molecule has 2 saturated heterocycles. The van der Waals surface area contributed by atoms with Gasteiger partial charge in [0.15, 0.2) is 5.82 Å². The summed E-state index contributed by atoms with van der Waals surface area (Å²) in [5, 5.41) is 14.3. The van der Waals surface area contributed by atoms with Crippen molar-refractivity contribution >= 4 is 17.6 Å². The normalized spacial score (nSPS) is 28.5. The fourth-order valence-corrected chi connectivity index (χ4v) is 3.97. The molecule has 2 aromatic rings.